The van der Waals surface area contributed by atoms with Crippen molar-refractivity contribution in [3.63, 3.8) is 0 Å². The zero-order chi connectivity index (χ0) is 14.7. The van der Waals surface area contributed by atoms with Gasteiger partial charge in [0.2, 0.25) is 0 Å². The summed E-state index contributed by atoms with van der Waals surface area (Å²) >= 11 is 0. The summed E-state index contributed by atoms with van der Waals surface area (Å²) in [5.41, 5.74) is 2.67. The minimum atomic E-state index is 0.689. The van der Waals surface area contributed by atoms with Crippen molar-refractivity contribution in [3.05, 3.63) is 24.3 Å². The number of fused-ring (bicyclic) bond motifs is 1. The fourth-order valence-corrected chi connectivity index (χ4v) is 3.90. The molecule has 0 amide bonds. The van der Waals surface area contributed by atoms with Crippen LogP contribution in [0.5, 0.6) is 0 Å². The van der Waals surface area contributed by atoms with Gasteiger partial charge in [0.15, 0.2) is 0 Å². The molecule has 1 N–H and O–H groups in total. The molecular formula is C19H30N2. The van der Waals surface area contributed by atoms with E-state index in [1.54, 1.807) is 0 Å². The number of nitrogens with one attached hydrogen (secondary N) is 1. The molecule has 0 aliphatic heterocycles. The number of rotatable bonds is 6. The number of anilines is 2. The molecule has 21 heavy (non-hydrogen) atoms. The summed E-state index contributed by atoms with van der Waals surface area (Å²) in [4.78, 5) is 2.47. The first-order valence-electron chi connectivity index (χ1n) is 8.91. The second kappa shape index (κ2) is 6.72. The normalized spacial score (nSPS) is 27.6. The Balaban J connectivity index is 1.62. The van der Waals surface area contributed by atoms with Crippen LogP contribution in [0.15, 0.2) is 24.3 Å². The topological polar surface area (TPSA) is 15.3 Å². The summed E-state index contributed by atoms with van der Waals surface area (Å²) in [7, 11) is 0. The Bertz CT molecular complexity index is 445. The van der Waals surface area contributed by atoms with Crippen LogP contribution in [0.4, 0.5) is 11.4 Å². The highest BCUT2D eigenvalue weighted by molar-refractivity contribution is 5.58. The fraction of sp³-hybridized carbons (Fsp3) is 0.684. The van der Waals surface area contributed by atoms with E-state index >= 15 is 0 Å². The van der Waals surface area contributed by atoms with E-state index in [9.17, 15) is 0 Å². The Morgan fingerprint density at radius 3 is 2.52 bits per heavy atom. The molecule has 0 heterocycles. The monoisotopic (exact) mass is 286 g/mol. The van der Waals surface area contributed by atoms with Gasteiger partial charge in [-0.3, -0.25) is 0 Å². The fourth-order valence-electron chi connectivity index (χ4n) is 3.90. The molecular weight excluding hydrogens is 256 g/mol. The summed E-state index contributed by atoms with van der Waals surface area (Å²) in [6.07, 6.45) is 8.33. The van der Waals surface area contributed by atoms with Crippen molar-refractivity contribution in [2.24, 2.45) is 11.8 Å². The van der Waals surface area contributed by atoms with Gasteiger partial charge in [0, 0.05) is 30.5 Å². The Morgan fingerprint density at radius 1 is 1.10 bits per heavy atom. The Labute approximate surface area is 129 Å². The summed E-state index contributed by atoms with van der Waals surface area (Å²) in [6, 6.07) is 9.70. The van der Waals surface area contributed by atoms with Crippen molar-refractivity contribution >= 4 is 11.4 Å². The van der Waals surface area contributed by atoms with Crippen molar-refractivity contribution in [1.29, 1.82) is 0 Å². The molecule has 0 saturated heterocycles. The molecule has 1 aromatic carbocycles. The van der Waals surface area contributed by atoms with Gasteiger partial charge in [-0.05, 0) is 75.5 Å². The van der Waals surface area contributed by atoms with Gasteiger partial charge in [0.25, 0.3) is 0 Å². The van der Waals surface area contributed by atoms with Crippen LogP contribution < -0.4 is 10.2 Å². The average molecular weight is 286 g/mol. The van der Waals surface area contributed by atoms with E-state index in [0.29, 0.717) is 6.04 Å². The number of nitrogens with zero attached hydrogens (tertiary/aromatic N) is 1. The molecule has 3 rings (SSSR count). The van der Waals surface area contributed by atoms with Gasteiger partial charge in [0.05, 0.1) is 0 Å². The minimum absolute atomic E-state index is 0.689. The zero-order valence-electron chi connectivity index (χ0n) is 13.6. The first kappa shape index (κ1) is 14.7. The molecule has 2 aliphatic rings. The van der Waals surface area contributed by atoms with Gasteiger partial charge < -0.3 is 10.2 Å². The summed E-state index contributed by atoms with van der Waals surface area (Å²) < 4.78 is 0. The first-order chi connectivity index (χ1) is 10.3. The Hall–Kier alpha value is -1.18. The van der Waals surface area contributed by atoms with Crippen LogP contribution in [0.2, 0.25) is 0 Å². The minimum Gasteiger partial charge on any atom is -0.382 e. The molecule has 2 nitrogen and oxygen atoms in total. The third kappa shape index (κ3) is 3.72. The second-order valence-electron chi connectivity index (χ2n) is 6.88. The first-order valence-corrected chi connectivity index (χ1v) is 8.91. The van der Waals surface area contributed by atoms with E-state index in [2.05, 4.69) is 48.3 Å². The lowest BCUT2D eigenvalue weighted by Crippen LogP contribution is -2.24. The maximum Gasteiger partial charge on any atom is 0.0386 e. The van der Waals surface area contributed by atoms with Crippen LogP contribution in [-0.4, -0.2) is 19.1 Å². The summed E-state index contributed by atoms with van der Waals surface area (Å²) in [5.74, 6) is 2.14. The van der Waals surface area contributed by atoms with Gasteiger partial charge in [-0.2, -0.15) is 0 Å². The molecule has 2 aliphatic carbocycles. The average Bonchev–Trinajstić information content (AvgIpc) is 3.27. The predicted octanol–water partition coefficient (Wildman–Crippen LogP) is 4.91. The standard InChI is InChI=1S/C19H30N2/c1-3-12-21(4-2)19-7-5-6-18(14-19)20-17-10-8-15-13-16(15)9-11-17/h5-7,14-17,20H,3-4,8-13H2,1-2H3. The molecule has 1 aromatic rings. The van der Waals surface area contributed by atoms with Gasteiger partial charge in [-0.15, -0.1) is 0 Å². The third-order valence-corrected chi connectivity index (χ3v) is 5.30. The van der Waals surface area contributed by atoms with E-state index in [1.165, 1.54) is 49.9 Å². The van der Waals surface area contributed by atoms with Crippen LogP contribution in [0.25, 0.3) is 0 Å². The lowest BCUT2D eigenvalue weighted by Gasteiger charge is -2.24. The highest BCUT2D eigenvalue weighted by Gasteiger charge is 2.38. The molecule has 2 saturated carbocycles. The summed E-state index contributed by atoms with van der Waals surface area (Å²) in [6.45, 7) is 6.73. The molecule has 2 heteroatoms. The van der Waals surface area contributed by atoms with Gasteiger partial charge >= 0.3 is 0 Å². The Morgan fingerprint density at radius 2 is 1.86 bits per heavy atom. The van der Waals surface area contributed by atoms with E-state index in [1.807, 2.05) is 0 Å². The van der Waals surface area contributed by atoms with Crippen LogP contribution in [0.3, 0.4) is 0 Å². The number of benzene rings is 1. The molecule has 116 valence electrons. The molecule has 0 aromatic heterocycles. The SMILES string of the molecule is CCCN(CC)c1cccc(NC2CCC3CC3CC2)c1. The highest BCUT2D eigenvalue weighted by atomic mass is 15.1. The molecule has 0 bridgehead atoms. The predicted molar refractivity (Wildman–Crippen MR) is 92.1 cm³/mol. The van der Waals surface area contributed by atoms with Crippen molar-refractivity contribution in [1.82, 2.24) is 0 Å². The van der Waals surface area contributed by atoms with E-state index in [-0.39, 0.29) is 0 Å². The van der Waals surface area contributed by atoms with Crippen LogP contribution in [-0.2, 0) is 0 Å². The third-order valence-electron chi connectivity index (χ3n) is 5.30. The highest BCUT2D eigenvalue weighted by Crippen LogP contribution is 2.48. The second-order valence-corrected chi connectivity index (χ2v) is 6.88. The van der Waals surface area contributed by atoms with E-state index in [0.717, 1.165) is 24.9 Å². The molecule has 0 spiro atoms. The molecule has 2 fully saturated rings. The molecule has 2 unspecified atom stereocenters. The van der Waals surface area contributed by atoms with E-state index in [4.69, 9.17) is 0 Å². The summed E-state index contributed by atoms with van der Waals surface area (Å²) in [5, 5.41) is 3.80. The van der Waals surface area contributed by atoms with Crippen molar-refractivity contribution in [3.8, 4) is 0 Å². The van der Waals surface area contributed by atoms with E-state index < -0.39 is 0 Å². The maximum atomic E-state index is 3.80. The van der Waals surface area contributed by atoms with Crippen LogP contribution in [0, 0.1) is 11.8 Å². The van der Waals surface area contributed by atoms with Crippen molar-refractivity contribution in [2.75, 3.05) is 23.3 Å². The van der Waals surface area contributed by atoms with Crippen molar-refractivity contribution < 1.29 is 0 Å². The van der Waals surface area contributed by atoms with Gasteiger partial charge in [0.1, 0.15) is 0 Å². The lowest BCUT2D eigenvalue weighted by molar-refractivity contribution is 0.580. The number of hydrogen-bond acceptors (Lipinski definition) is 2. The zero-order valence-corrected chi connectivity index (χ0v) is 13.6. The quantitative estimate of drug-likeness (QED) is 0.799. The number of hydrogen-bond donors (Lipinski definition) is 1. The lowest BCUT2D eigenvalue weighted by atomic mass is 10.1. The Kier molecular flexibility index (Phi) is 4.72. The molecule has 2 atom stereocenters. The smallest absolute Gasteiger partial charge is 0.0386 e. The largest absolute Gasteiger partial charge is 0.382 e. The van der Waals surface area contributed by atoms with Gasteiger partial charge in [-0.1, -0.05) is 13.0 Å². The molecule has 0 radical (unpaired) electrons. The maximum absolute atomic E-state index is 3.80. The van der Waals surface area contributed by atoms with Crippen LogP contribution >= 0.6 is 0 Å². The van der Waals surface area contributed by atoms with Crippen molar-refractivity contribution in [2.45, 2.75) is 58.4 Å². The van der Waals surface area contributed by atoms with Gasteiger partial charge in [-0.25, -0.2) is 0 Å². The van der Waals surface area contributed by atoms with Crippen LogP contribution in [0.1, 0.15) is 52.4 Å².